The van der Waals surface area contributed by atoms with Gasteiger partial charge in [0.25, 0.3) is 0 Å². The Morgan fingerprint density at radius 3 is 2.55 bits per heavy atom. The molecule has 3 heterocycles. The Labute approximate surface area is 164 Å². The molecule has 0 bridgehead atoms. The molecule has 0 fully saturated rings. The van der Waals surface area contributed by atoms with Crippen molar-refractivity contribution in [2.45, 2.75) is 39.0 Å². The van der Waals surface area contributed by atoms with Crippen LogP contribution in [0.25, 0.3) is 11.4 Å². The van der Waals surface area contributed by atoms with Gasteiger partial charge in [-0.25, -0.2) is 4.98 Å². The molecule has 2 aromatic heterocycles. The molecule has 1 aliphatic heterocycles. The molecule has 0 saturated heterocycles. The lowest BCUT2D eigenvalue weighted by atomic mass is 9.98. The standard InChI is InChI=1S/C20H19F3N4O2/c1-11-8-15-17(16-9-24-19(12(2)28)27(11)16)25-26(18(15)20(21,22)23)10-13-4-6-14(29-3)7-5-13/h4-7,9,11H,8,10H2,1-3H3. The molecule has 4 rings (SSSR count). The Hall–Kier alpha value is -3.10. The van der Waals surface area contributed by atoms with Gasteiger partial charge in [-0.05, 0) is 31.0 Å². The first-order chi connectivity index (χ1) is 13.7. The molecule has 1 aromatic carbocycles. The van der Waals surface area contributed by atoms with Gasteiger partial charge in [-0.2, -0.15) is 18.3 Å². The predicted octanol–water partition coefficient (Wildman–Crippen LogP) is 4.14. The summed E-state index contributed by atoms with van der Waals surface area (Å²) < 4.78 is 49.7. The second-order valence-corrected chi connectivity index (χ2v) is 7.13. The Kier molecular flexibility index (Phi) is 4.48. The van der Waals surface area contributed by atoms with E-state index in [4.69, 9.17) is 4.74 Å². The van der Waals surface area contributed by atoms with E-state index in [0.717, 1.165) is 4.68 Å². The summed E-state index contributed by atoms with van der Waals surface area (Å²) in [6.45, 7) is 3.14. The summed E-state index contributed by atoms with van der Waals surface area (Å²) in [6, 6.07) is 6.48. The van der Waals surface area contributed by atoms with Crippen molar-refractivity contribution in [2.75, 3.05) is 7.11 Å². The van der Waals surface area contributed by atoms with E-state index in [9.17, 15) is 18.0 Å². The molecule has 0 saturated carbocycles. The number of aromatic nitrogens is 4. The van der Waals surface area contributed by atoms with Gasteiger partial charge in [-0.15, -0.1) is 0 Å². The number of fused-ring (bicyclic) bond motifs is 3. The molecule has 1 atom stereocenters. The van der Waals surface area contributed by atoms with Crippen LogP contribution >= 0.6 is 0 Å². The highest BCUT2D eigenvalue weighted by atomic mass is 19.4. The number of ether oxygens (including phenoxy) is 1. The minimum absolute atomic E-state index is 0.0338. The van der Waals surface area contributed by atoms with Crippen molar-refractivity contribution < 1.29 is 22.7 Å². The largest absolute Gasteiger partial charge is 0.497 e. The Morgan fingerprint density at radius 2 is 1.97 bits per heavy atom. The zero-order chi connectivity index (χ0) is 20.9. The lowest BCUT2D eigenvalue weighted by Gasteiger charge is -2.24. The first-order valence-corrected chi connectivity index (χ1v) is 9.09. The quantitative estimate of drug-likeness (QED) is 0.613. The fraction of sp³-hybridized carbons (Fsp3) is 0.350. The van der Waals surface area contributed by atoms with Crippen LogP contribution in [0.1, 0.15) is 47.3 Å². The highest BCUT2D eigenvalue weighted by molar-refractivity contribution is 5.91. The van der Waals surface area contributed by atoms with E-state index in [1.54, 1.807) is 35.8 Å². The topological polar surface area (TPSA) is 61.9 Å². The molecule has 0 amide bonds. The first kappa shape index (κ1) is 19.2. The maximum atomic E-state index is 14.0. The summed E-state index contributed by atoms with van der Waals surface area (Å²) in [5.41, 5.74) is 0.710. The molecule has 1 aliphatic rings. The number of hydrogen-bond donors (Lipinski definition) is 0. The van der Waals surface area contributed by atoms with Crippen LogP contribution in [0.2, 0.25) is 0 Å². The molecule has 6 nitrogen and oxygen atoms in total. The van der Waals surface area contributed by atoms with Gasteiger partial charge >= 0.3 is 6.18 Å². The van der Waals surface area contributed by atoms with E-state index >= 15 is 0 Å². The number of methoxy groups -OCH3 is 1. The molecular weight excluding hydrogens is 385 g/mol. The van der Waals surface area contributed by atoms with Crippen LogP contribution in [-0.2, 0) is 19.1 Å². The number of carbonyl (C=O) groups is 1. The highest BCUT2D eigenvalue weighted by Crippen LogP contribution is 2.42. The number of carbonyl (C=O) groups excluding carboxylic acids is 1. The van der Waals surface area contributed by atoms with E-state index in [-0.39, 0.29) is 41.9 Å². The fourth-order valence-corrected chi connectivity index (χ4v) is 3.86. The second kappa shape index (κ2) is 6.75. The van der Waals surface area contributed by atoms with Crippen molar-refractivity contribution in [2.24, 2.45) is 0 Å². The molecule has 3 aromatic rings. The van der Waals surface area contributed by atoms with Crippen LogP contribution in [0, 0.1) is 0 Å². The van der Waals surface area contributed by atoms with Gasteiger partial charge in [0.15, 0.2) is 11.6 Å². The molecule has 29 heavy (non-hydrogen) atoms. The molecule has 1 unspecified atom stereocenters. The first-order valence-electron chi connectivity index (χ1n) is 9.09. The Bertz CT molecular complexity index is 1080. The molecule has 9 heteroatoms. The number of halogens is 3. The van der Waals surface area contributed by atoms with Crippen molar-refractivity contribution >= 4 is 5.78 Å². The number of ketones is 1. The number of Topliss-reactive ketones (excluding diaryl/α,β-unsaturated/α-hetero) is 1. The van der Waals surface area contributed by atoms with E-state index in [2.05, 4.69) is 10.1 Å². The second-order valence-electron chi connectivity index (χ2n) is 7.13. The van der Waals surface area contributed by atoms with Gasteiger partial charge in [0.05, 0.1) is 25.5 Å². The highest BCUT2D eigenvalue weighted by Gasteiger charge is 2.43. The van der Waals surface area contributed by atoms with Crippen molar-refractivity contribution in [3.8, 4) is 17.1 Å². The van der Waals surface area contributed by atoms with Crippen LogP contribution < -0.4 is 4.74 Å². The third-order valence-corrected chi connectivity index (χ3v) is 5.11. The number of nitrogens with zero attached hydrogens (tertiary/aromatic N) is 4. The summed E-state index contributed by atoms with van der Waals surface area (Å²) in [5.74, 6) is 0.621. The third kappa shape index (κ3) is 3.20. The SMILES string of the molecule is COc1ccc(Cn2nc3c(c2C(F)(F)F)CC(C)n2c-3cnc2C(C)=O)cc1. The minimum atomic E-state index is -4.56. The van der Waals surface area contributed by atoms with Crippen LogP contribution in [-0.4, -0.2) is 32.2 Å². The van der Waals surface area contributed by atoms with Crippen LogP contribution in [0.3, 0.4) is 0 Å². The van der Waals surface area contributed by atoms with Gasteiger partial charge in [0.2, 0.25) is 0 Å². The number of benzene rings is 1. The number of alkyl halides is 3. The predicted molar refractivity (Wildman–Crippen MR) is 99.0 cm³/mol. The van der Waals surface area contributed by atoms with Gasteiger partial charge in [0.1, 0.15) is 17.1 Å². The van der Waals surface area contributed by atoms with E-state index in [1.165, 1.54) is 20.2 Å². The van der Waals surface area contributed by atoms with Crippen molar-refractivity contribution in [3.05, 3.63) is 53.1 Å². The summed E-state index contributed by atoms with van der Waals surface area (Å²) in [7, 11) is 1.53. The van der Waals surface area contributed by atoms with Crippen molar-refractivity contribution in [3.63, 3.8) is 0 Å². The Balaban J connectivity index is 1.85. The molecule has 152 valence electrons. The molecule has 0 spiro atoms. The zero-order valence-electron chi connectivity index (χ0n) is 16.1. The third-order valence-electron chi connectivity index (χ3n) is 5.11. The summed E-state index contributed by atoms with van der Waals surface area (Å²) in [5, 5.41) is 4.30. The molecule has 0 N–H and O–H groups in total. The average Bonchev–Trinajstić information content (AvgIpc) is 3.24. The molecular formula is C20H19F3N4O2. The van der Waals surface area contributed by atoms with Crippen LogP contribution in [0.15, 0.2) is 30.5 Å². The maximum Gasteiger partial charge on any atom is 0.433 e. The average molecular weight is 404 g/mol. The van der Waals surface area contributed by atoms with E-state index in [1.807, 2.05) is 0 Å². The number of hydrogen-bond acceptors (Lipinski definition) is 4. The molecule has 0 aliphatic carbocycles. The summed E-state index contributed by atoms with van der Waals surface area (Å²) in [4.78, 5) is 16.0. The van der Waals surface area contributed by atoms with Crippen molar-refractivity contribution in [1.29, 1.82) is 0 Å². The smallest absolute Gasteiger partial charge is 0.433 e. The van der Waals surface area contributed by atoms with Gasteiger partial charge in [0, 0.05) is 18.5 Å². The summed E-state index contributed by atoms with van der Waals surface area (Å²) in [6.07, 6.45) is -3.01. The lowest BCUT2D eigenvalue weighted by Crippen LogP contribution is -2.22. The normalized spacial score (nSPS) is 15.7. The van der Waals surface area contributed by atoms with Crippen LogP contribution in [0.5, 0.6) is 5.75 Å². The number of imidazole rings is 1. The van der Waals surface area contributed by atoms with E-state index < -0.39 is 11.9 Å². The van der Waals surface area contributed by atoms with Crippen LogP contribution in [0.4, 0.5) is 13.2 Å². The Morgan fingerprint density at radius 1 is 1.28 bits per heavy atom. The van der Waals surface area contributed by atoms with Gasteiger partial charge in [-0.3, -0.25) is 9.48 Å². The van der Waals surface area contributed by atoms with Crippen molar-refractivity contribution in [1.82, 2.24) is 19.3 Å². The fourth-order valence-electron chi connectivity index (χ4n) is 3.86. The van der Waals surface area contributed by atoms with E-state index in [0.29, 0.717) is 17.0 Å². The zero-order valence-corrected chi connectivity index (χ0v) is 16.1. The minimum Gasteiger partial charge on any atom is -0.497 e. The van der Waals surface area contributed by atoms with Gasteiger partial charge in [-0.1, -0.05) is 12.1 Å². The molecule has 0 radical (unpaired) electrons. The number of rotatable bonds is 4. The van der Waals surface area contributed by atoms with Gasteiger partial charge < -0.3 is 9.30 Å². The lowest BCUT2D eigenvalue weighted by molar-refractivity contribution is -0.144. The summed E-state index contributed by atoms with van der Waals surface area (Å²) >= 11 is 0. The monoisotopic (exact) mass is 404 g/mol. The maximum absolute atomic E-state index is 14.0.